The highest BCUT2D eigenvalue weighted by Gasteiger charge is 2.15. The van der Waals surface area contributed by atoms with Crippen LogP contribution in [0, 0.1) is 5.92 Å². The van der Waals surface area contributed by atoms with Crippen LogP contribution in [0.15, 0.2) is 24.3 Å². The number of hydrogen-bond acceptors (Lipinski definition) is 5. The molecule has 1 heterocycles. The predicted octanol–water partition coefficient (Wildman–Crippen LogP) is 3.39. The number of hydrogen-bond donors (Lipinski definition) is 1. The Hall–Kier alpha value is -1.14. The van der Waals surface area contributed by atoms with Crippen molar-refractivity contribution in [1.82, 2.24) is 10.2 Å². The third-order valence-electron chi connectivity index (χ3n) is 5.32. The van der Waals surface area contributed by atoms with Crippen molar-refractivity contribution in [1.29, 1.82) is 0 Å². The molecule has 0 unspecified atom stereocenters. The van der Waals surface area contributed by atoms with E-state index in [9.17, 15) is 0 Å². The molecule has 2 rings (SSSR count). The predicted molar refractivity (Wildman–Crippen MR) is 118 cm³/mol. The Labute approximate surface area is 172 Å². The summed E-state index contributed by atoms with van der Waals surface area (Å²) in [5.41, 5.74) is 2.67. The second-order valence-electron chi connectivity index (χ2n) is 8.03. The molecule has 0 bridgehead atoms. The topological polar surface area (TPSA) is 37.0 Å². The molecule has 5 nitrogen and oxygen atoms in total. The van der Waals surface area contributed by atoms with E-state index in [4.69, 9.17) is 9.47 Å². The molecule has 0 atom stereocenters. The zero-order valence-electron chi connectivity index (χ0n) is 18.3. The molecule has 0 spiro atoms. The van der Waals surface area contributed by atoms with Gasteiger partial charge in [0.15, 0.2) is 0 Å². The van der Waals surface area contributed by atoms with Gasteiger partial charge in [0.1, 0.15) is 0 Å². The minimum atomic E-state index is 0.684. The molecule has 5 heteroatoms. The highest BCUT2D eigenvalue weighted by molar-refractivity contribution is 5.48. The lowest BCUT2D eigenvalue weighted by Gasteiger charge is -2.35. The van der Waals surface area contributed by atoms with Gasteiger partial charge in [-0.3, -0.25) is 0 Å². The Morgan fingerprint density at radius 1 is 0.929 bits per heavy atom. The summed E-state index contributed by atoms with van der Waals surface area (Å²) in [4.78, 5) is 5.00. The van der Waals surface area contributed by atoms with Gasteiger partial charge in [0.25, 0.3) is 0 Å². The van der Waals surface area contributed by atoms with Gasteiger partial charge >= 0.3 is 0 Å². The van der Waals surface area contributed by atoms with Gasteiger partial charge in [0.05, 0.1) is 19.8 Å². The van der Waals surface area contributed by atoms with Gasteiger partial charge in [0, 0.05) is 51.6 Å². The van der Waals surface area contributed by atoms with E-state index in [-0.39, 0.29) is 0 Å². The number of piperazine rings is 1. The molecular weight excluding hydrogens is 350 g/mol. The van der Waals surface area contributed by atoms with Crippen molar-refractivity contribution in [3.8, 4) is 0 Å². The van der Waals surface area contributed by atoms with Gasteiger partial charge in [0.2, 0.25) is 0 Å². The van der Waals surface area contributed by atoms with Crippen LogP contribution in [0.4, 0.5) is 5.69 Å². The number of ether oxygens (including phenoxy) is 2. The van der Waals surface area contributed by atoms with Crippen LogP contribution in [0.2, 0.25) is 0 Å². The fourth-order valence-corrected chi connectivity index (χ4v) is 3.44. The van der Waals surface area contributed by atoms with Crippen molar-refractivity contribution in [3.05, 3.63) is 29.8 Å². The molecule has 1 aromatic carbocycles. The first kappa shape index (κ1) is 23.1. The van der Waals surface area contributed by atoms with E-state index in [0.717, 1.165) is 58.3 Å². The van der Waals surface area contributed by atoms with Crippen LogP contribution in [0.1, 0.15) is 39.2 Å². The fourth-order valence-electron chi connectivity index (χ4n) is 3.44. The lowest BCUT2D eigenvalue weighted by molar-refractivity contribution is 0.0466. The quantitative estimate of drug-likeness (QED) is 0.492. The lowest BCUT2D eigenvalue weighted by atomic mass is 10.1. The summed E-state index contributed by atoms with van der Waals surface area (Å²) in [6.07, 6.45) is 2.38. The minimum absolute atomic E-state index is 0.684. The number of benzene rings is 1. The normalized spacial score (nSPS) is 15.5. The maximum absolute atomic E-state index is 5.62. The molecule has 1 fully saturated rings. The minimum Gasteiger partial charge on any atom is -0.379 e. The summed E-state index contributed by atoms with van der Waals surface area (Å²) < 4.78 is 11.2. The number of nitrogens with zero attached hydrogens (tertiary/aromatic N) is 2. The highest BCUT2D eigenvalue weighted by atomic mass is 16.5. The fraction of sp³-hybridized carbons (Fsp3) is 0.739. The monoisotopic (exact) mass is 391 g/mol. The summed E-state index contributed by atoms with van der Waals surface area (Å²) in [6, 6.07) is 8.98. The molecule has 0 aliphatic carbocycles. The summed E-state index contributed by atoms with van der Waals surface area (Å²) in [6.45, 7) is 17.2. The van der Waals surface area contributed by atoms with Crippen molar-refractivity contribution in [2.24, 2.45) is 5.92 Å². The van der Waals surface area contributed by atoms with Gasteiger partial charge < -0.3 is 24.6 Å². The summed E-state index contributed by atoms with van der Waals surface area (Å²) in [5, 5.41) is 3.45. The van der Waals surface area contributed by atoms with Crippen LogP contribution < -0.4 is 10.2 Å². The molecule has 0 amide bonds. The molecule has 0 radical (unpaired) electrons. The molecular formula is C23H41N3O2. The van der Waals surface area contributed by atoms with Crippen molar-refractivity contribution in [2.75, 3.05) is 70.6 Å². The molecule has 1 saturated heterocycles. The Morgan fingerprint density at radius 3 is 2.25 bits per heavy atom. The van der Waals surface area contributed by atoms with Gasteiger partial charge in [-0.2, -0.15) is 0 Å². The van der Waals surface area contributed by atoms with Crippen molar-refractivity contribution >= 4 is 5.69 Å². The summed E-state index contributed by atoms with van der Waals surface area (Å²) in [7, 11) is 0. The van der Waals surface area contributed by atoms with E-state index in [1.165, 1.54) is 30.8 Å². The molecule has 1 N–H and O–H groups in total. The molecule has 160 valence electrons. The maximum Gasteiger partial charge on any atom is 0.0701 e. The summed E-state index contributed by atoms with van der Waals surface area (Å²) in [5.74, 6) is 0.763. The van der Waals surface area contributed by atoms with Crippen LogP contribution in [-0.2, 0) is 16.0 Å². The van der Waals surface area contributed by atoms with Crippen LogP contribution in [0.5, 0.6) is 0 Å². The molecule has 1 aliphatic heterocycles. The SMILES string of the molecule is CCN1CCN(c2ccc(CNCCOCCOCCCC(C)C)cc2)CC1. The van der Waals surface area contributed by atoms with E-state index in [1.54, 1.807) is 0 Å². The molecule has 0 saturated carbocycles. The molecule has 1 aliphatic rings. The Kier molecular flexibility index (Phi) is 11.5. The number of likely N-dealkylation sites (N-methyl/N-ethyl adjacent to an activating group) is 1. The van der Waals surface area contributed by atoms with Crippen molar-refractivity contribution in [3.63, 3.8) is 0 Å². The van der Waals surface area contributed by atoms with E-state index >= 15 is 0 Å². The first-order chi connectivity index (χ1) is 13.7. The lowest BCUT2D eigenvalue weighted by Crippen LogP contribution is -2.46. The third-order valence-corrected chi connectivity index (χ3v) is 5.32. The zero-order valence-corrected chi connectivity index (χ0v) is 18.3. The van der Waals surface area contributed by atoms with Gasteiger partial charge in [-0.1, -0.05) is 32.9 Å². The Bertz CT molecular complexity index is 499. The maximum atomic E-state index is 5.62. The van der Waals surface area contributed by atoms with Crippen LogP contribution in [-0.4, -0.2) is 70.6 Å². The number of nitrogens with one attached hydrogen (secondary N) is 1. The zero-order chi connectivity index (χ0) is 20.0. The Balaban J connectivity index is 1.47. The largest absolute Gasteiger partial charge is 0.379 e. The average Bonchev–Trinajstić information content (AvgIpc) is 2.72. The van der Waals surface area contributed by atoms with E-state index in [2.05, 4.69) is 60.2 Å². The summed E-state index contributed by atoms with van der Waals surface area (Å²) >= 11 is 0. The Morgan fingerprint density at radius 2 is 1.61 bits per heavy atom. The van der Waals surface area contributed by atoms with E-state index < -0.39 is 0 Å². The van der Waals surface area contributed by atoms with Crippen molar-refractivity contribution < 1.29 is 9.47 Å². The number of anilines is 1. The first-order valence-corrected chi connectivity index (χ1v) is 11.1. The van der Waals surface area contributed by atoms with Crippen LogP contribution in [0.25, 0.3) is 0 Å². The smallest absolute Gasteiger partial charge is 0.0701 e. The van der Waals surface area contributed by atoms with E-state index in [1.807, 2.05) is 0 Å². The second-order valence-corrected chi connectivity index (χ2v) is 8.03. The molecule has 28 heavy (non-hydrogen) atoms. The highest BCUT2D eigenvalue weighted by Crippen LogP contribution is 2.17. The van der Waals surface area contributed by atoms with Gasteiger partial charge in [-0.05, 0) is 43.0 Å². The standard InChI is InChI=1S/C23H41N3O2/c1-4-25-12-14-26(15-13-25)23-9-7-22(8-10-23)20-24-11-17-28-19-18-27-16-5-6-21(2)3/h7-10,21,24H,4-6,11-20H2,1-3H3. The second kappa shape index (κ2) is 13.9. The van der Waals surface area contributed by atoms with Gasteiger partial charge in [-0.15, -0.1) is 0 Å². The van der Waals surface area contributed by atoms with Crippen LogP contribution in [0.3, 0.4) is 0 Å². The first-order valence-electron chi connectivity index (χ1n) is 11.1. The van der Waals surface area contributed by atoms with Crippen molar-refractivity contribution in [2.45, 2.75) is 40.2 Å². The third kappa shape index (κ3) is 9.37. The van der Waals surface area contributed by atoms with Gasteiger partial charge in [-0.25, -0.2) is 0 Å². The molecule has 1 aromatic rings. The average molecular weight is 392 g/mol. The molecule has 0 aromatic heterocycles. The van der Waals surface area contributed by atoms with E-state index in [0.29, 0.717) is 13.2 Å². The number of rotatable bonds is 14. The van der Waals surface area contributed by atoms with Crippen LogP contribution >= 0.6 is 0 Å².